The van der Waals surface area contributed by atoms with Gasteiger partial charge in [0, 0.05) is 24.6 Å². The second-order valence-corrected chi connectivity index (χ2v) is 8.46. The van der Waals surface area contributed by atoms with Crippen LogP contribution in [0.15, 0.2) is 84.0 Å². The zero-order valence-electron chi connectivity index (χ0n) is 19.3. The van der Waals surface area contributed by atoms with Gasteiger partial charge >= 0.3 is 0 Å². The predicted octanol–water partition coefficient (Wildman–Crippen LogP) is 4.58. The van der Waals surface area contributed by atoms with Crippen LogP contribution in [0.3, 0.4) is 0 Å². The van der Waals surface area contributed by atoms with Gasteiger partial charge in [-0.2, -0.15) is 5.10 Å². The molecule has 1 aliphatic heterocycles. The summed E-state index contributed by atoms with van der Waals surface area (Å²) >= 11 is 0. The van der Waals surface area contributed by atoms with Gasteiger partial charge in [-0.15, -0.1) is 0 Å². The van der Waals surface area contributed by atoms with E-state index < -0.39 is 0 Å². The summed E-state index contributed by atoms with van der Waals surface area (Å²) in [5.74, 6) is 0.553. The first-order chi connectivity index (χ1) is 16.6. The fraction of sp³-hybridized carbons (Fsp3) is 0.250. The third-order valence-electron chi connectivity index (χ3n) is 6.05. The summed E-state index contributed by atoms with van der Waals surface area (Å²) in [6.45, 7) is 3.59. The molecule has 6 nitrogen and oxygen atoms in total. The highest BCUT2D eigenvalue weighted by Gasteiger charge is 2.28. The Hall–Kier alpha value is -3.93. The Bertz CT molecular complexity index is 1140. The van der Waals surface area contributed by atoms with Crippen LogP contribution in [0.4, 0.5) is 0 Å². The minimum Gasteiger partial charge on any atom is -0.489 e. The van der Waals surface area contributed by atoms with Crippen LogP contribution < -0.4 is 10.2 Å². The van der Waals surface area contributed by atoms with E-state index in [-0.39, 0.29) is 17.7 Å². The maximum absolute atomic E-state index is 12.8. The van der Waals surface area contributed by atoms with Crippen LogP contribution in [0.5, 0.6) is 5.75 Å². The maximum Gasteiger partial charge on any atom is 0.254 e. The molecule has 1 saturated heterocycles. The normalized spacial score (nSPS) is 14.2. The molecule has 2 amide bonds. The van der Waals surface area contributed by atoms with E-state index in [1.165, 1.54) is 0 Å². The van der Waals surface area contributed by atoms with Gasteiger partial charge in [0.25, 0.3) is 5.91 Å². The molecule has 1 N–H and O–H groups in total. The molecule has 3 aromatic rings. The zero-order chi connectivity index (χ0) is 23.8. The van der Waals surface area contributed by atoms with Gasteiger partial charge in [-0.05, 0) is 66.8 Å². The van der Waals surface area contributed by atoms with Gasteiger partial charge < -0.3 is 9.64 Å². The second kappa shape index (κ2) is 11.3. The number of nitrogens with one attached hydrogen (secondary N) is 1. The van der Waals surface area contributed by atoms with Crippen LogP contribution in [0.1, 0.15) is 39.9 Å². The topological polar surface area (TPSA) is 71.0 Å². The minimum absolute atomic E-state index is 0.0335. The van der Waals surface area contributed by atoms with Crippen molar-refractivity contribution in [1.29, 1.82) is 0 Å². The van der Waals surface area contributed by atoms with Crippen molar-refractivity contribution in [2.45, 2.75) is 26.4 Å². The lowest BCUT2D eigenvalue weighted by atomic mass is 9.95. The molecular formula is C28H29N3O3. The van der Waals surface area contributed by atoms with Crippen LogP contribution in [0.2, 0.25) is 0 Å². The van der Waals surface area contributed by atoms with Crippen LogP contribution in [-0.4, -0.2) is 36.0 Å². The van der Waals surface area contributed by atoms with Gasteiger partial charge in [-0.1, -0.05) is 48.5 Å². The number of hydrazone groups is 1. The van der Waals surface area contributed by atoms with Crippen molar-refractivity contribution in [1.82, 2.24) is 10.3 Å². The molecule has 6 heteroatoms. The average Bonchev–Trinajstić information content (AvgIpc) is 2.89. The van der Waals surface area contributed by atoms with Gasteiger partial charge in [-0.3, -0.25) is 9.59 Å². The Kier molecular flexibility index (Phi) is 7.71. The fourth-order valence-electron chi connectivity index (χ4n) is 3.98. The quantitative estimate of drug-likeness (QED) is 0.419. The number of piperidine rings is 1. The number of carbonyl (C=O) groups is 2. The van der Waals surface area contributed by atoms with E-state index in [9.17, 15) is 9.59 Å². The molecule has 1 fully saturated rings. The summed E-state index contributed by atoms with van der Waals surface area (Å²) in [5, 5.41) is 4.11. The van der Waals surface area contributed by atoms with Gasteiger partial charge in [-0.25, -0.2) is 5.43 Å². The largest absolute Gasteiger partial charge is 0.489 e. The average molecular weight is 456 g/mol. The molecule has 174 valence electrons. The molecule has 0 saturated carbocycles. The van der Waals surface area contributed by atoms with E-state index >= 15 is 0 Å². The third-order valence-corrected chi connectivity index (χ3v) is 6.05. The first-order valence-corrected chi connectivity index (χ1v) is 11.5. The third kappa shape index (κ3) is 6.10. The molecule has 3 aromatic carbocycles. The van der Waals surface area contributed by atoms with Gasteiger partial charge in [0.05, 0.1) is 6.21 Å². The monoisotopic (exact) mass is 455 g/mol. The lowest BCUT2D eigenvalue weighted by molar-refractivity contribution is -0.126. The molecule has 0 spiro atoms. The predicted molar refractivity (Wildman–Crippen MR) is 133 cm³/mol. The van der Waals surface area contributed by atoms with E-state index in [0.29, 0.717) is 32.5 Å². The highest BCUT2D eigenvalue weighted by molar-refractivity contribution is 5.95. The molecule has 0 aliphatic carbocycles. The van der Waals surface area contributed by atoms with Crippen molar-refractivity contribution in [3.63, 3.8) is 0 Å². The number of amides is 2. The van der Waals surface area contributed by atoms with Crippen molar-refractivity contribution >= 4 is 18.0 Å². The van der Waals surface area contributed by atoms with Crippen LogP contribution in [0.25, 0.3) is 0 Å². The van der Waals surface area contributed by atoms with Gasteiger partial charge in [0.2, 0.25) is 5.91 Å². The van der Waals surface area contributed by atoms with Gasteiger partial charge in [0.1, 0.15) is 12.4 Å². The number of nitrogens with zero attached hydrogens (tertiary/aromatic N) is 2. The lowest BCUT2D eigenvalue weighted by Crippen LogP contribution is -2.42. The molecule has 0 radical (unpaired) electrons. The van der Waals surface area contributed by atoms with Gasteiger partial charge in [0.15, 0.2) is 0 Å². The summed E-state index contributed by atoms with van der Waals surface area (Å²) in [6, 6.07) is 25.2. The smallest absolute Gasteiger partial charge is 0.254 e. The summed E-state index contributed by atoms with van der Waals surface area (Å²) in [4.78, 5) is 27.1. The molecule has 1 aliphatic rings. The van der Waals surface area contributed by atoms with E-state index in [4.69, 9.17) is 4.74 Å². The van der Waals surface area contributed by atoms with E-state index in [1.807, 2.05) is 90.7 Å². The molecular weight excluding hydrogens is 426 g/mol. The van der Waals surface area contributed by atoms with Crippen LogP contribution in [-0.2, 0) is 11.4 Å². The highest BCUT2D eigenvalue weighted by atomic mass is 16.5. The summed E-state index contributed by atoms with van der Waals surface area (Å²) in [7, 11) is 0. The number of rotatable bonds is 7. The zero-order valence-corrected chi connectivity index (χ0v) is 19.3. The lowest BCUT2D eigenvalue weighted by Gasteiger charge is -2.31. The van der Waals surface area contributed by atoms with Crippen molar-refractivity contribution in [3.8, 4) is 5.75 Å². The number of carbonyl (C=O) groups excluding carboxylic acids is 2. The van der Waals surface area contributed by atoms with Crippen molar-refractivity contribution in [2.75, 3.05) is 13.1 Å². The first kappa shape index (κ1) is 23.2. The molecule has 0 aromatic heterocycles. The molecule has 0 unspecified atom stereocenters. The molecule has 0 bridgehead atoms. The summed E-state index contributed by atoms with van der Waals surface area (Å²) < 4.78 is 5.79. The summed E-state index contributed by atoms with van der Waals surface area (Å²) in [5.41, 5.74) is 6.32. The fourth-order valence-corrected chi connectivity index (χ4v) is 3.98. The number of hydrogen-bond acceptors (Lipinski definition) is 4. The number of benzene rings is 3. The molecule has 1 heterocycles. The molecule has 34 heavy (non-hydrogen) atoms. The van der Waals surface area contributed by atoms with Crippen LogP contribution in [0, 0.1) is 12.8 Å². The molecule has 0 atom stereocenters. The molecule has 4 rings (SSSR count). The number of hydrogen-bond donors (Lipinski definition) is 1. The Morgan fingerprint density at radius 3 is 2.35 bits per heavy atom. The SMILES string of the molecule is Cc1ccccc1C(=O)N1CCC(C(=O)N/N=C\c2ccc(OCc3ccccc3)cc2)CC1. The highest BCUT2D eigenvalue weighted by Crippen LogP contribution is 2.20. The van der Waals surface area contributed by atoms with Crippen LogP contribution >= 0.6 is 0 Å². The minimum atomic E-state index is -0.146. The number of likely N-dealkylation sites (tertiary alicyclic amines) is 1. The Balaban J connectivity index is 1.21. The van der Waals surface area contributed by atoms with E-state index in [0.717, 1.165) is 28.0 Å². The maximum atomic E-state index is 12.8. The Morgan fingerprint density at radius 1 is 0.971 bits per heavy atom. The van der Waals surface area contributed by atoms with Crippen molar-refractivity contribution in [2.24, 2.45) is 11.0 Å². The Labute approximate surface area is 200 Å². The Morgan fingerprint density at radius 2 is 1.65 bits per heavy atom. The second-order valence-electron chi connectivity index (χ2n) is 8.46. The van der Waals surface area contributed by atoms with E-state index in [1.54, 1.807) is 6.21 Å². The first-order valence-electron chi connectivity index (χ1n) is 11.5. The number of ether oxygens (including phenoxy) is 1. The standard InChI is InChI=1S/C28H29N3O3/c1-21-7-5-6-10-26(21)28(33)31-17-15-24(16-18-31)27(32)30-29-19-22-11-13-25(14-12-22)34-20-23-8-3-2-4-9-23/h2-14,19,24H,15-18,20H2,1H3,(H,30,32)/b29-19-. The van der Waals surface area contributed by atoms with E-state index in [2.05, 4.69) is 10.5 Å². The van der Waals surface area contributed by atoms with Crippen molar-refractivity contribution < 1.29 is 14.3 Å². The van der Waals surface area contributed by atoms with Crippen molar-refractivity contribution in [3.05, 3.63) is 101 Å². The number of aryl methyl sites for hydroxylation is 1. The summed E-state index contributed by atoms with van der Waals surface area (Å²) in [6.07, 6.45) is 2.88.